The van der Waals surface area contributed by atoms with Crippen molar-refractivity contribution in [1.29, 1.82) is 0 Å². The van der Waals surface area contributed by atoms with Gasteiger partial charge in [0.1, 0.15) is 23.1 Å². The molecular formula is C51H46N8O. The minimum absolute atomic E-state index is 0.0726. The lowest BCUT2D eigenvalue weighted by Crippen LogP contribution is -2.12. The monoisotopic (exact) mass is 786 g/mol. The first kappa shape index (κ1) is 37.0. The van der Waals surface area contributed by atoms with Gasteiger partial charge in [-0.15, -0.1) is 0 Å². The van der Waals surface area contributed by atoms with E-state index in [1.54, 1.807) is 6.20 Å². The third-order valence-corrected chi connectivity index (χ3v) is 11.3. The van der Waals surface area contributed by atoms with E-state index >= 15 is 0 Å². The first-order chi connectivity index (χ1) is 29.0. The SMILES string of the molecule is CC(C)(C)c1ccnc(-n2c3cc(Cc4cccc(-n5cccn5)c4)ccc3c3c2c2ccc(Oc4cccc(-n5cccn5)c4)cc2n3-c2cc(C(C)(C)C)ccn2)c1. The molecule has 6 aromatic heterocycles. The molecule has 0 fully saturated rings. The molecule has 0 saturated heterocycles. The normalized spacial score (nSPS) is 12.2. The van der Waals surface area contributed by atoms with Gasteiger partial charge in [-0.3, -0.25) is 9.13 Å². The van der Waals surface area contributed by atoms with Crippen LogP contribution in [0, 0.1) is 0 Å². The second kappa shape index (κ2) is 14.2. The summed E-state index contributed by atoms with van der Waals surface area (Å²) in [6.45, 7) is 13.5. The summed E-state index contributed by atoms with van der Waals surface area (Å²) in [5.74, 6) is 3.15. The van der Waals surface area contributed by atoms with Gasteiger partial charge in [0.05, 0.1) is 33.4 Å². The fourth-order valence-electron chi connectivity index (χ4n) is 8.18. The van der Waals surface area contributed by atoms with Gasteiger partial charge in [-0.25, -0.2) is 19.3 Å². The van der Waals surface area contributed by atoms with Crippen LogP contribution in [0.4, 0.5) is 0 Å². The lowest BCUT2D eigenvalue weighted by atomic mass is 9.88. The van der Waals surface area contributed by atoms with Crippen LogP contribution in [0.1, 0.15) is 63.8 Å². The van der Waals surface area contributed by atoms with Crippen LogP contribution in [-0.4, -0.2) is 38.7 Å². The Bertz CT molecular complexity index is 2960. The quantitative estimate of drug-likeness (QED) is 0.153. The standard InChI is InChI=1S/C51H46N8O/c1-50(2,3)36-19-23-52-46(30-36)58-44-29-35(27-34-11-7-12-38(28-34)56-25-9-21-54-56)15-17-42(44)48-49(58)43-18-16-41(60-40-14-8-13-39(32-40)57-26-10-22-55-57)33-45(43)59(48)47-31-37(20-24-53-47)51(4,5)6/h7-26,28-33H,27H2,1-6H3. The van der Waals surface area contributed by atoms with E-state index in [1.807, 2.05) is 76.7 Å². The fraction of sp³-hybridized carbons (Fsp3) is 0.176. The Kier molecular flexibility index (Phi) is 8.79. The zero-order chi connectivity index (χ0) is 41.2. The summed E-state index contributed by atoms with van der Waals surface area (Å²) < 4.78 is 15.0. The van der Waals surface area contributed by atoms with Gasteiger partial charge >= 0.3 is 0 Å². The van der Waals surface area contributed by atoms with Crippen molar-refractivity contribution >= 4 is 32.8 Å². The Morgan fingerprint density at radius 3 is 1.60 bits per heavy atom. The van der Waals surface area contributed by atoms with Gasteiger partial charge in [0.2, 0.25) is 0 Å². The predicted octanol–water partition coefficient (Wildman–Crippen LogP) is 11.9. The highest BCUT2D eigenvalue weighted by Gasteiger charge is 2.26. The van der Waals surface area contributed by atoms with Crippen LogP contribution in [0.3, 0.4) is 0 Å². The molecule has 0 aliphatic carbocycles. The van der Waals surface area contributed by atoms with Gasteiger partial charge < -0.3 is 4.74 Å². The van der Waals surface area contributed by atoms with Gasteiger partial charge in [0.15, 0.2) is 0 Å². The number of hydrogen-bond acceptors (Lipinski definition) is 5. The van der Waals surface area contributed by atoms with E-state index in [0.29, 0.717) is 0 Å². The van der Waals surface area contributed by atoms with E-state index < -0.39 is 0 Å². The molecule has 9 nitrogen and oxygen atoms in total. The molecule has 0 spiro atoms. The van der Waals surface area contributed by atoms with E-state index in [-0.39, 0.29) is 10.8 Å². The predicted molar refractivity (Wildman–Crippen MR) is 241 cm³/mol. The zero-order valence-electron chi connectivity index (χ0n) is 34.7. The Labute approximate surface area is 349 Å². The maximum Gasteiger partial charge on any atom is 0.137 e. The van der Waals surface area contributed by atoms with Crippen LogP contribution in [0.5, 0.6) is 11.5 Å². The molecule has 4 aromatic carbocycles. The van der Waals surface area contributed by atoms with Gasteiger partial charge in [0, 0.05) is 60.1 Å². The van der Waals surface area contributed by atoms with Crippen molar-refractivity contribution in [2.24, 2.45) is 0 Å². The molecule has 60 heavy (non-hydrogen) atoms. The number of fused-ring (bicyclic) bond motifs is 5. The van der Waals surface area contributed by atoms with Crippen LogP contribution in [-0.2, 0) is 17.3 Å². The molecule has 0 saturated carbocycles. The minimum atomic E-state index is -0.0808. The third kappa shape index (κ3) is 6.71. The van der Waals surface area contributed by atoms with Gasteiger partial charge in [-0.2, -0.15) is 10.2 Å². The van der Waals surface area contributed by atoms with Crippen LogP contribution < -0.4 is 4.74 Å². The van der Waals surface area contributed by atoms with Crippen LogP contribution in [0.15, 0.2) is 159 Å². The molecule has 0 atom stereocenters. The van der Waals surface area contributed by atoms with Crippen LogP contribution >= 0.6 is 0 Å². The van der Waals surface area contributed by atoms with Crippen molar-refractivity contribution in [3.05, 3.63) is 181 Å². The molecule has 0 aliphatic rings. The molecule has 0 aliphatic heterocycles. The largest absolute Gasteiger partial charge is 0.457 e. The first-order valence-electron chi connectivity index (χ1n) is 20.4. The molecule has 296 valence electrons. The highest BCUT2D eigenvalue weighted by Crippen LogP contribution is 2.43. The van der Waals surface area contributed by atoms with Crippen molar-refractivity contribution in [2.75, 3.05) is 0 Å². The molecule has 6 heterocycles. The summed E-state index contributed by atoms with van der Waals surface area (Å²) in [6.07, 6.45) is 12.1. The Morgan fingerprint density at radius 1 is 0.483 bits per heavy atom. The van der Waals surface area contributed by atoms with Crippen molar-refractivity contribution in [3.8, 4) is 34.5 Å². The van der Waals surface area contributed by atoms with Crippen molar-refractivity contribution in [2.45, 2.75) is 58.8 Å². The number of benzene rings is 4. The number of rotatable bonds is 8. The van der Waals surface area contributed by atoms with E-state index in [4.69, 9.17) is 14.7 Å². The number of nitrogens with zero attached hydrogens (tertiary/aromatic N) is 8. The molecule has 0 radical (unpaired) electrons. The highest BCUT2D eigenvalue weighted by molar-refractivity contribution is 6.20. The summed E-state index contributed by atoms with van der Waals surface area (Å²) >= 11 is 0. The third-order valence-electron chi connectivity index (χ3n) is 11.3. The smallest absolute Gasteiger partial charge is 0.137 e. The van der Waals surface area contributed by atoms with E-state index in [0.717, 1.165) is 73.8 Å². The summed E-state index contributed by atoms with van der Waals surface area (Å²) in [7, 11) is 0. The number of aromatic nitrogens is 8. The molecular weight excluding hydrogens is 741 g/mol. The zero-order valence-corrected chi connectivity index (χ0v) is 34.7. The Balaban J connectivity index is 1.21. The molecule has 10 aromatic rings. The maximum atomic E-state index is 6.63. The van der Waals surface area contributed by atoms with Crippen molar-refractivity contribution in [3.63, 3.8) is 0 Å². The van der Waals surface area contributed by atoms with E-state index in [1.165, 1.54) is 22.3 Å². The van der Waals surface area contributed by atoms with Gasteiger partial charge in [0.25, 0.3) is 0 Å². The lowest BCUT2D eigenvalue weighted by Gasteiger charge is -2.20. The van der Waals surface area contributed by atoms with E-state index in [9.17, 15) is 0 Å². The summed E-state index contributed by atoms with van der Waals surface area (Å²) in [6, 6.07) is 42.4. The first-order valence-corrected chi connectivity index (χ1v) is 20.4. The highest BCUT2D eigenvalue weighted by atomic mass is 16.5. The molecule has 0 unspecified atom stereocenters. The van der Waals surface area contributed by atoms with Gasteiger partial charge in [-0.05, 0) is 118 Å². The number of ether oxygens (including phenoxy) is 1. The molecule has 10 rings (SSSR count). The topological polar surface area (TPSA) is 80.5 Å². The Morgan fingerprint density at radius 2 is 1.02 bits per heavy atom. The molecule has 0 amide bonds. The Hall–Kier alpha value is -7.26. The second-order valence-corrected chi connectivity index (χ2v) is 17.6. The fourth-order valence-corrected chi connectivity index (χ4v) is 8.18. The van der Waals surface area contributed by atoms with E-state index in [2.05, 4.69) is 146 Å². The average molecular weight is 787 g/mol. The molecule has 0 bridgehead atoms. The summed E-state index contributed by atoms with van der Waals surface area (Å²) in [4.78, 5) is 10.2. The number of pyridine rings is 2. The molecule has 9 heteroatoms. The summed E-state index contributed by atoms with van der Waals surface area (Å²) in [5, 5.41) is 11.1. The average Bonchev–Trinajstić information content (AvgIpc) is 4.07. The van der Waals surface area contributed by atoms with Crippen LogP contribution in [0.2, 0.25) is 0 Å². The van der Waals surface area contributed by atoms with Crippen molar-refractivity contribution < 1.29 is 4.74 Å². The lowest BCUT2D eigenvalue weighted by molar-refractivity contribution is 0.483. The second-order valence-electron chi connectivity index (χ2n) is 17.6. The number of hydrogen-bond donors (Lipinski definition) is 0. The van der Waals surface area contributed by atoms with Crippen LogP contribution in [0.25, 0.3) is 55.8 Å². The van der Waals surface area contributed by atoms with Gasteiger partial charge in [-0.1, -0.05) is 71.9 Å². The van der Waals surface area contributed by atoms with Crippen molar-refractivity contribution in [1.82, 2.24) is 38.7 Å². The minimum Gasteiger partial charge on any atom is -0.457 e. The molecule has 0 N–H and O–H groups in total. The maximum absolute atomic E-state index is 6.63. The summed E-state index contributed by atoms with van der Waals surface area (Å²) in [5.41, 5.74) is 10.8.